The van der Waals surface area contributed by atoms with Crippen LogP contribution in [0.1, 0.15) is 125 Å². The smallest absolute Gasteiger partial charge is 0.431 e. The molecule has 0 amide bonds. The van der Waals surface area contributed by atoms with E-state index in [9.17, 15) is 14.4 Å². The van der Waals surface area contributed by atoms with Gasteiger partial charge in [0.1, 0.15) is 24.4 Å². The fraction of sp³-hybridized carbons (Fsp3) is 0.571. The lowest BCUT2D eigenvalue weighted by Gasteiger charge is -2.29. The van der Waals surface area contributed by atoms with Gasteiger partial charge in [0.25, 0.3) is 0 Å². The second-order valence-electron chi connectivity index (χ2n) is 13.9. The van der Waals surface area contributed by atoms with Crippen molar-refractivity contribution in [3.05, 3.63) is 70.8 Å². The molecular weight excluding hydrogens is 564 g/mol. The Labute approximate surface area is 260 Å². The normalized spacial score (nSPS) is 22.5. The van der Waals surface area contributed by atoms with E-state index in [4.69, 9.17) is 29.0 Å². The van der Waals surface area contributed by atoms with Gasteiger partial charge in [-0.05, 0) is 97.6 Å². The van der Waals surface area contributed by atoms with Crippen LogP contribution in [0, 0.1) is 0 Å². The van der Waals surface area contributed by atoms with E-state index in [-0.39, 0.29) is 35.2 Å². The predicted molar refractivity (Wildman–Crippen MR) is 163 cm³/mol. The van der Waals surface area contributed by atoms with Crippen LogP contribution in [0.3, 0.4) is 0 Å². The van der Waals surface area contributed by atoms with Crippen LogP contribution in [-0.4, -0.2) is 42.5 Å². The molecule has 0 aliphatic heterocycles. The Morgan fingerprint density at radius 1 is 0.500 bits per heavy atom. The maximum atomic E-state index is 12.4. The summed E-state index contributed by atoms with van der Waals surface area (Å²) in [6, 6.07) is 14.6. The molecule has 0 bridgehead atoms. The highest BCUT2D eigenvalue weighted by molar-refractivity contribution is 5.89. The zero-order chi connectivity index (χ0) is 31.9. The lowest BCUT2D eigenvalue weighted by Crippen LogP contribution is -2.32. The van der Waals surface area contributed by atoms with Gasteiger partial charge < -0.3 is 9.47 Å². The second-order valence-corrected chi connectivity index (χ2v) is 13.9. The van der Waals surface area contributed by atoms with E-state index in [2.05, 4.69) is 41.5 Å². The van der Waals surface area contributed by atoms with Gasteiger partial charge in [0.15, 0.2) is 0 Å². The SMILES string of the molecule is CC(C)(C)c1ccc(C(=O)OOC2CCC(OC(=O)OC3CCC(OOC(=O)c4ccc(C(C)(C)C)cc4)CC3)CC2)cc1. The van der Waals surface area contributed by atoms with E-state index in [1.54, 1.807) is 24.3 Å². The molecule has 9 heteroatoms. The average Bonchev–Trinajstić information content (AvgIpc) is 2.99. The van der Waals surface area contributed by atoms with Gasteiger partial charge in [-0.15, -0.1) is 0 Å². The number of carbonyl (C=O) groups excluding carboxylic acids is 3. The van der Waals surface area contributed by atoms with E-state index in [1.165, 1.54) is 0 Å². The van der Waals surface area contributed by atoms with Crippen molar-refractivity contribution in [1.29, 1.82) is 0 Å². The van der Waals surface area contributed by atoms with Gasteiger partial charge in [-0.2, -0.15) is 9.78 Å². The molecular formula is C35H46O9. The highest BCUT2D eigenvalue weighted by Crippen LogP contribution is 2.28. The Balaban J connectivity index is 1.08. The van der Waals surface area contributed by atoms with Crippen molar-refractivity contribution in [1.82, 2.24) is 0 Å². The Kier molecular flexibility index (Phi) is 11.1. The summed E-state index contributed by atoms with van der Waals surface area (Å²) < 4.78 is 11.1. The van der Waals surface area contributed by atoms with Crippen molar-refractivity contribution in [3.63, 3.8) is 0 Å². The molecule has 9 nitrogen and oxygen atoms in total. The largest absolute Gasteiger partial charge is 0.508 e. The van der Waals surface area contributed by atoms with E-state index in [1.807, 2.05) is 24.3 Å². The van der Waals surface area contributed by atoms with Crippen molar-refractivity contribution in [2.24, 2.45) is 0 Å². The molecule has 240 valence electrons. The Morgan fingerprint density at radius 3 is 1.09 bits per heavy atom. The third kappa shape index (κ3) is 9.79. The van der Waals surface area contributed by atoms with Gasteiger partial charge >= 0.3 is 18.1 Å². The third-order valence-electron chi connectivity index (χ3n) is 8.26. The first-order valence-corrected chi connectivity index (χ1v) is 15.6. The molecule has 2 saturated carbocycles. The molecule has 0 radical (unpaired) electrons. The Hall–Kier alpha value is -3.43. The first kappa shape index (κ1) is 33.5. The minimum absolute atomic E-state index is 0.00105. The molecule has 0 spiro atoms. The molecule has 0 aromatic heterocycles. The second kappa shape index (κ2) is 14.6. The third-order valence-corrected chi connectivity index (χ3v) is 8.26. The lowest BCUT2D eigenvalue weighted by molar-refractivity contribution is -0.282. The lowest BCUT2D eigenvalue weighted by atomic mass is 9.87. The van der Waals surface area contributed by atoms with Crippen molar-refractivity contribution in [2.75, 3.05) is 0 Å². The topological polar surface area (TPSA) is 107 Å². The average molecular weight is 611 g/mol. The molecule has 0 N–H and O–H groups in total. The molecule has 2 aliphatic rings. The van der Waals surface area contributed by atoms with Crippen LogP contribution in [0.15, 0.2) is 48.5 Å². The minimum atomic E-state index is -0.686. The van der Waals surface area contributed by atoms with Crippen LogP contribution in [0.4, 0.5) is 4.79 Å². The number of ether oxygens (including phenoxy) is 2. The van der Waals surface area contributed by atoms with Crippen LogP contribution in [-0.2, 0) is 39.9 Å². The molecule has 0 heterocycles. The van der Waals surface area contributed by atoms with E-state index in [0.717, 1.165) is 11.1 Å². The molecule has 0 atom stereocenters. The molecule has 0 unspecified atom stereocenters. The van der Waals surface area contributed by atoms with Gasteiger partial charge in [-0.25, -0.2) is 14.4 Å². The number of carbonyl (C=O) groups is 3. The zero-order valence-corrected chi connectivity index (χ0v) is 26.8. The predicted octanol–water partition coefficient (Wildman–Crippen LogP) is 7.93. The van der Waals surface area contributed by atoms with Gasteiger partial charge in [0, 0.05) is 0 Å². The quantitative estimate of drug-likeness (QED) is 0.167. The monoisotopic (exact) mass is 610 g/mol. The van der Waals surface area contributed by atoms with Gasteiger partial charge in [-0.3, -0.25) is 9.78 Å². The summed E-state index contributed by atoms with van der Waals surface area (Å²) >= 11 is 0. The summed E-state index contributed by atoms with van der Waals surface area (Å²) in [5.41, 5.74) is 3.12. The molecule has 2 aromatic carbocycles. The summed E-state index contributed by atoms with van der Waals surface area (Å²) in [4.78, 5) is 58.1. The molecule has 2 fully saturated rings. The maximum Gasteiger partial charge on any atom is 0.508 e. The molecule has 2 aromatic rings. The zero-order valence-electron chi connectivity index (χ0n) is 26.8. The maximum absolute atomic E-state index is 12.4. The van der Waals surface area contributed by atoms with Crippen molar-refractivity contribution in [3.8, 4) is 0 Å². The number of hydrogen-bond acceptors (Lipinski definition) is 9. The van der Waals surface area contributed by atoms with E-state index in [0.29, 0.717) is 62.5 Å². The summed E-state index contributed by atoms with van der Waals surface area (Å²) in [5.74, 6) is -1.06. The Morgan fingerprint density at radius 2 is 0.795 bits per heavy atom. The van der Waals surface area contributed by atoms with Crippen molar-refractivity contribution < 1.29 is 43.4 Å². The highest BCUT2D eigenvalue weighted by Gasteiger charge is 2.30. The van der Waals surface area contributed by atoms with Crippen LogP contribution < -0.4 is 0 Å². The van der Waals surface area contributed by atoms with E-state index >= 15 is 0 Å². The summed E-state index contributed by atoms with van der Waals surface area (Å²) in [6.07, 6.45) is 2.97. The first-order chi connectivity index (χ1) is 20.8. The highest BCUT2D eigenvalue weighted by atomic mass is 17.2. The summed E-state index contributed by atoms with van der Waals surface area (Å²) in [6.45, 7) is 12.7. The molecule has 0 saturated heterocycles. The van der Waals surface area contributed by atoms with E-state index < -0.39 is 18.1 Å². The molecule has 44 heavy (non-hydrogen) atoms. The fourth-order valence-corrected chi connectivity index (χ4v) is 5.32. The van der Waals surface area contributed by atoms with Crippen LogP contribution in [0.25, 0.3) is 0 Å². The van der Waals surface area contributed by atoms with Crippen LogP contribution >= 0.6 is 0 Å². The molecule has 2 aliphatic carbocycles. The number of benzene rings is 2. The number of rotatable bonds is 8. The minimum Gasteiger partial charge on any atom is -0.431 e. The van der Waals surface area contributed by atoms with Gasteiger partial charge in [-0.1, -0.05) is 65.8 Å². The van der Waals surface area contributed by atoms with Gasteiger partial charge in [0.05, 0.1) is 11.1 Å². The Bertz CT molecular complexity index is 1140. The fourth-order valence-electron chi connectivity index (χ4n) is 5.32. The van der Waals surface area contributed by atoms with Crippen LogP contribution in [0.5, 0.6) is 0 Å². The summed E-state index contributed by atoms with van der Waals surface area (Å²) in [7, 11) is 0. The van der Waals surface area contributed by atoms with Gasteiger partial charge in [0.2, 0.25) is 0 Å². The first-order valence-electron chi connectivity index (χ1n) is 15.6. The standard InChI is InChI=1S/C35H46O9/c1-34(2,3)25-11-7-23(8-12-25)31(36)43-41-29-19-15-27(16-20-29)39-33(38)40-28-17-21-30(22-18-28)42-44-32(37)24-9-13-26(14-10-24)35(4,5)6/h7-14,27-30H,15-22H2,1-6H3. The molecule has 4 rings (SSSR count). The van der Waals surface area contributed by atoms with Crippen molar-refractivity contribution >= 4 is 18.1 Å². The summed E-state index contributed by atoms with van der Waals surface area (Å²) in [5, 5.41) is 0. The van der Waals surface area contributed by atoms with Crippen LogP contribution in [0.2, 0.25) is 0 Å². The van der Waals surface area contributed by atoms with Crippen molar-refractivity contribution in [2.45, 2.75) is 128 Å². The number of hydrogen-bond donors (Lipinski definition) is 0.